The number of nitrogens with zero attached hydrogens (tertiary/aromatic N) is 1. The highest BCUT2D eigenvalue weighted by Gasteiger charge is 2.04. The van der Waals surface area contributed by atoms with Crippen LogP contribution in [0.4, 0.5) is 0 Å². The molecule has 0 aliphatic heterocycles. The predicted octanol–water partition coefficient (Wildman–Crippen LogP) is 0.789. The highest BCUT2D eigenvalue weighted by molar-refractivity contribution is 5.81. The number of aromatic nitrogens is 2. The molecule has 1 aromatic heterocycles. The third kappa shape index (κ3) is 1.48. The molecule has 0 radical (unpaired) electrons. The van der Waals surface area contributed by atoms with Crippen LogP contribution in [0.2, 0.25) is 0 Å². The average Bonchev–Trinajstić information content (AvgIpc) is 2.25. The molecule has 0 saturated heterocycles. The Labute approximate surface area is 86.1 Å². The molecule has 0 atom stereocenters. The van der Waals surface area contributed by atoms with Gasteiger partial charge < -0.3 is 0 Å². The van der Waals surface area contributed by atoms with E-state index in [0.29, 0.717) is 10.8 Å². The fourth-order valence-electron chi connectivity index (χ4n) is 1.63. The first kappa shape index (κ1) is 9.71. The SMILES string of the molecule is CCc1ccc2c(=O)n(C)[nH]c(=O)c2c1. The zero-order valence-corrected chi connectivity index (χ0v) is 8.70. The van der Waals surface area contributed by atoms with Crippen LogP contribution in [0.1, 0.15) is 12.5 Å². The maximum atomic E-state index is 11.7. The zero-order valence-electron chi connectivity index (χ0n) is 8.70. The Morgan fingerprint density at radius 3 is 2.67 bits per heavy atom. The largest absolute Gasteiger partial charge is 0.272 e. The fourth-order valence-corrected chi connectivity index (χ4v) is 1.63. The van der Waals surface area contributed by atoms with Gasteiger partial charge >= 0.3 is 0 Å². The molecule has 0 fully saturated rings. The summed E-state index contributed by atoms with van der Waals surface area (Å²) in [4.78, 5) is 23.3. The molecule has 78 valence electrons. The minimum atomic E-state index is -0.220. The van der Waals surface area contributed by atoms with Crippen LogP contribution in [0.3, 0.4) is 0 Å². The molecule has 0 amide bonds. The summed E-state index contributed by atoms with van der Waals surface area (Å²) < 4.78 is 1.20. The molecule has 0 bridgehead atoms. The number of aromatic amines is 1. The first-order chi connectivity index (χ1) is 7.13. The maximum Gasteiger partial charge on any atom is 0.272 e. The van der Waals surface area contributed by atoms with Crippen molar-refractivity contribution in [3.05, 3.63) is 44.5 Å². The molecule has 2 aromatic rings. The summed E-state index contributed by atoms with van der Waals surface area (Å²) in [6, 6.07) is 5.37. The molecular formula is C11H12N2O2. The van der Waals surface area contributed by atoms with Crippen molar-refractivity contribution in [2.45, 2.75) is 13.3 Å². The normalized spacial score (nSPS) is 10.8. The first-order valence-corrected chi connectivity index (χ1v) is 4.85. The number of fused-ring (bicyclic) bond motifs is 1. The van der Waals surface area contributed by atoms with Crippen LogP contribution >= 0.6 is 0 Å². The minimum absolute atomic E-state index is 0.174. The smallest absolute Gasteiger partial charge is 0.267 e. The van der Waals surface area contributed by atoms with Gasteiger partial charge in [-0.15, -0.1) is 0 Å². The Balaban J connectivity index is 2.97. The Hall–Kier alpha value is -1.84. The summed E-state index contributed by atoms with van der Waals surface area (Å²) in [7, 11) is 1.54. The van der Waals surface area contributed by atoms with Gasteiger partial charge in [-0.3, -0.25) is 19.4 Å². The lowest BCUT2D eigenvalue weighted by molar-refractivity contribution is 0.704. The molecule has 4 nitrogen and oxygen atoms in total. The van der Waals surface area contributed by atoms with Crippen LogP contribution in [0.5, 0.6) is 0 Å². The Bertz CT molecular complexity index is 623. The predicted molar refractivity (Wildman–Crippen MR) is 59.2 cm³/mol. The number of rotatable bonds is 1. The van der Waals surface area contributed by atoms with E-state index in [-0.39, 0.29) is 11.1 Å². The molecule has 2 rings (SSSR count). The Morgan fingerprint density at radius 2 is 2.00 bits per heavy atom. The van der Waals surface area contributed by atoms with Gasteiger partial charge in [0.05, 0.1) is 10.8 Å². The lowest BCUT2D eigenvalue weighted by Crippen LogP contribution is -2.27. The fraction of sp³-hybridized carbons (Fsp3) is 0.273. The van der Waals surface area contributed by atoms with Crippen LogP contribution < -0.4 is 11.1 Å². The summed E-state index contributed by atoms with van der Waals surface area (Å²) in [6.45, 7) is 2.01. The van der Waals surface area contributed by atoms with Gasteiger partial charge in [0.15, 0.2) is 0 Å². The van der Waals surface area contributed by atoms with Gasteiger partial charge in [-0.2, -0.15) is 0 Å². The van der Waals surface area contributed by atoms with Gasteiger partial charge in [0.25, 0.3) is 11.1 Å². The van der Waals surface area contributed by atoms with E-state index in [9.17, 15) is 9.59 Å². The molecule has 1 aromatic carbocycles. The number of hydrogen-bond acceptors (Lipinski definition) is 2. The highest BCUT2D eigenvalue weighted by atomic mass is 16.1. The average molecular weight is 204 g/mol. The monoisotopic (exact) mass is 204 g/mol. The van der Waals surface area contributed by atoms with Crippen LogP contribution in [-0.2, 0) is 13.5 Å². The van der Waals surface area contributed by atoms with E-state index in [1.165, 1.54) is 11.7 Å². The number of aryl methyl sites for hydroxylation is 2. The second-order valence-electron chi connectivity index (χ2n) is 3.54. The molecule has 0 unspecified atom stereocenters. The summed E-state index contributed by atoms with van der Waals surface area (Å²) in [5.74, 6) is 0. The van der Waals surface area contributed by atoms with Gasteiger partial charge in [0, 0.05) is 7.05 Å². The van der Waals surface area contributed by atoms with Gasteiger partial charge in [-0.05, 0) is 24.1 Å². The van der Waals surface area contributed by atoms with E-state index >= 15 is 0 Å². The number of H-pyrrole nitrogens is 1. The van der Waals surface area contributed by atoms with Gasteiger partial charge in [-0.25, -0.2) is 0 Å². The van der Waals surface area contributed by atoms with E-state index in [2.05, 4.69) is 5.10 Å². The van der Waals surface area contributed by atoms with E-state index < -0.39 is 0 Å². The molecular weight excluding hydrogens is 192 g/mol. The van der Waals surface area contributed by atoms with Gasteiger partial charge in [0.1, 0.15) is 0 Å². The van der Waals surface area contributed by atoms with Crippen LogP contribution in [-0.4, -0.2) is 9.78 Å². The topological polar surface area (TPSA) is 54.9 Å². The van der Waals surface area contributed by atoms with E-state index in [0.717, 1.165) is 12.0 Å². The summed E-state index contributed by atoms with van der Waals surface area (Å²) in [5.41, 5.74) is 0.663. The second-order valence-corrected chi connectivity index (χ2v) is 3.54. The Kier molecular flexibility index (Phi) is 2.19. The van der Waals surface area contributed by atoms with E-state index in [4.69, 9.17) is 0 Å². The molecule has 15 heavy (non-hydrogen) atoms. The molecule has 0 aliphatic carbocycles. The zero-order chi connectivity index (χ0) is 11.0. The third-order valence-corrected chi connectivity index (χ3v) is 2.54. The first-order valence-electron chi connectivity index (χ1n) is 4.85. The Morgan fingerprint density at radius 1 is 1.27 bits per heavy atom. The molecule has 4 heteroatoms. The van der Waals surface area contributed by atoms with Crippen LogP contribution in [0.15, 0.2) is 27.8 Å². The number of hydrogen-bond donors (Lipinski definition) is 1. The van der Waals surface area contributed by atoms with Crippen molar-refractivity contribution in [1.29, 1.82) is 0 Å². The van der Waals surface area contributed by atoms with E-state index in [1.54, 1.807) is 12.1 Å². The quantitative estimate of drug-likeness (QED) is 0.746. The van der Waals surface area contributed by atoms with Crippen molar-refractivity contribution >= 4 is 10.8 Å². The third-order valence-electron chi connectivity index (χ3n) is 2.54. The van der Waals surface area contributed by atoms with Crippen molar-refractivity contribution < 1.29 is 0 Å². The summed E-state index contributed by atoms with van der Waals surface area (Å²) in [5, 5.41) is 3.42. The molecule has 1 N–H and O–H groups in total. The molecule has 1 heterocycles. The van der Waals surface area contributed by atoms with Crippen molar-refractivity contribution in [1.82, 2.24) is 9.78 Å². The van der Waals surface area contributed by atoms with Gasteiger partial charge in [-0.1, -0.05) is 13.0 Å². The molecule has 0 aliphatic rings. The van der Waals surface area contributed by atoms with E-state index in [1.807, 2.05) is 13.0 Å². The van der Waals surface area contributed by atoms with Crippen molar-refractivity contribution in [3.63, 3.8) is 0 Å². The summed E-state index contributed by atoms with van der Waals surface area (Å²) in [6.07, 6.45) is 0.852. The standard InChI is InChI=1S/C11H12N2O2/c1-3-7-4-5-8-9(6-7)10(14)12-13(2)11(8)15/h4-6H,3H2,1-2H3,(H,12,14). The lowest BCUT2D eigenvalue weighted by atomic mass is 10.1. The summed E-state index contributed by atoms with van der Waals surface area (Å²) >= 11 is 0. The second kappa shape index (κ2) is 3.38. The number of benzene rings is 1. The van der Waals surface area contributed by atoms with Crippen molar-refractivity contribution in [2.75, 3.05) is 0 Å². The minimum Gasteiger partial charge on any atom is -0.267 e. The maximum absolute atomic E-state index is 11.7. The van der Waals surface area contributed by atoms with Crippen LogP contribution in [0.25, 0.3) is 10.8 Å². The number of nitrogens with one attached hydrogen (secondary N) is 1. The van der Waals surface area contributed by atoms with Crippen LogP contribution in [0, 0.1) is 0 Å². The van der Waals surface area contributed by atoms with Crippen molar-refractivity contribution in [2.24, 2.45) is 7.05 Å². The molecule has 0 saturated carbocycles. The van der Waals surface area contributed by atoms with Crippen molar-refractivity contribution in [3.8, 4) is 0 Å². The highest BCUT2D eigenvalue weighted by Crippen LogP contribution is 2.08. The molecule has 0 spiro atoms. The lowest BCUT2D eigenvalue weighted by Gasteiger charge is -2.02. The van der Waals surface area contributed by atoms with Gasteiger partial charge in [0.2, 0.25) is 0 Å².